The number of hydrogen-bond acceptors (Lipinski definition) is 3. The molecule has 3 heteroatoms. The van der Waals surface area contributed by atoms with E-state index in [1.807, 2.05) is 0 Å². The Hall–Kier alpha value is -0.120. The van der Waals surface area contributed by atoms with Crippen LogP contribution in [0.5, 0.6) is 0 Å². The lowest BCUT2D eigenvalue weighted by Gasteiger charge is -2.44. The summed E-state index contributed by atoms with van der Waals surface area (Å²) in [6, 6.07) is 0. The second kappa shape index (κ2) is 2.69. The van der Waals surface area contributed by atoms with Crippen molar-refractivity contribution in [2.24, 2.45) is 5.41 Å². The van der Waals surface area contributed by atoms with Gasteiger partial charge in [0.1, 0.15) is 5.72 Å². The maximum absolute atomic E-state index is 6.01. The minimum absolute atomic E-state index is 0.00785. The Morgan fingerprint density at radius 2 is 2.00 bits per heavy atom. The fourth-order valence-electron chi connectivity index (χ4n) is 2.39. The van der Waals surface area contributed by atoms with Gasteiger partial charge in [-0.25, -0.2) is 0 Å². The number of ether oxygens (including phenoxy) is 1. The minimum atomic E-state index is -0.00785. The zero-order valence-corrected chi connectivity index (χ0v) is 8.07. The topological polar surface area (TPSA) is 33.3 Å². The molecule has 3 fully saturated rings. The molecule has 3 aliphatic rings. The fourth-order valence-corrected chi connectivity index (χ4v) is 2.39. The van der Waals surface area contributed by atoms with E-state index in [0.717, 1.165) is 19.7 Å². The molecule has 0 aromatic rings. The monoisotopic (exact) mass is 182 g/mol. The van der Waals surface area contributed by atoms with Crippen molar-refractivity contribution in [1.82, 2.24) is 10.6 Å². The largest absolute Gasteiger partial charge is 0.359 e. The Balaban J connectivity index is 1.65. The van der Waals surface area contributed by atoms with E-state index in [1.165, 1.54) is 32.2 Å². The average molecular weight is 182 g/mol. The smallest absolute Gasteiger partial charge is 0.131 e. The summed E-state index contributed by atoms with van der Waals surface area (Å²) in [5.74, 6) is 0. The molecular formula is C10H18N2O. The van der Waals surface area contributed by atoms with Crippen molar-refractivity contribution in [3.63, 3.8) is 0 Å². The van der Waals surface area contributed by atoms with Crippen LogP contribution < -0.4 is 10.6 Å². The number of nitrogens with one attached hydrogen (secondary N) is 2. The van der Waals surface area contributed by atoms with E-state index in [0.29, 0.717) is 5.41 Å². The van der Waals surface area contributed by atoms with Gasteiger partial charge in [0, 0.05) is 18.5 Å². The van der Waals surface area contributed by atoms with E-state index < -0.39 is 0 Å². The molecule has 3 nitrogen and oxygen atoms in total. The summed E-state index contributed by atoms with van der Waals surface area (Å²) in [5.41, 5.74) is 0.536. The molecule has 0 bridgehead atoms. The van der Waals surface area contributed by atoms with Crippen LogP contribution in [0.25, 0.3) is 0 Å². The molecule has 1 atom stereocenters. The molecule has 2 N–H and O–H groups in total. The molecule has 0 aromatic heterocycles. The van der Waals surface area contributed by atoms with E-state index in [2.05, 4.69) is 10.6 Å². The van der Waals surface area contributed by atoms with Crippen LogP contribution in [-0.2, 0) is 4.74 Å². The third kappa shape index (κ3) is 1.39. The van der Waals surface area contributed by atoms with E-state index in [1.54, 1.807) is 0 Å². The first-order valence-corrected chi connectivity index (χ1v) is 5.42. The van der Waals surface area contributed by atoms with Gasteiger partial charge in [0.25, 0.3) is 0 Å². The van der Waals surface area contributed by atoms with Crippen LogP contribution in [0.1, 0.15) is 25.7 Å². The summed E-state index contributed by atoms with van der Waals surface area (Å²) in [6.45, 7) is 4.30. The van der Waals surface area contributed by atoms with Crippen LogP contribution in [0.4, 0.5) is 0 Å². The van der Waals surface area contributed by atoms with Crippen molar-refractivity contribution in [1.29, 1.82) is 0 Å². The van der Waals surface area contributed by atoms with E-state index in [4.69, 9.17) is 4.74 Å². The molecule has 1 aliphatic carbocycles. The second-order valence-electron chi connectivity index (χ2n) is 4.92. The van der Waals surface area contributed by atoms with Crippen LogP contribution in [0, 0.1) is 5.41 Å². The summed E-state index contributed by atoms with van der Waals surface area (Å²) < 4.78 is 6.01. The summed E-state index contributed by atoms with van der Waals surface area (Å²) in [7, 11) is 0. The summed E-state index contributed by atoms with van der Waals surface area (Å²) >= 11 is 0. The zero-order valence-electron chi connectivity index (χ0n) is 8.07. The maximum atomic E-state index is 6.01. The first-order chi connectivity index (χ1) is 6.33. The predicted octanol–water partition coefficient (Wildman–Crippen LogP) is 0.466. The van der Waals surface area contributed by atoms with Gasteiger partial charge in [-0.2, -0.15) is 0 Å². The highest BCUT2D eigenvalue weighted by Crippen LogP contribution is 2.48. The fraction of sp³-hybridized carbons (Fsp3) is 1.00. The normalized spacial score (nSPS) is 42.5. The molecule has 3 rings (SSSR count). The highest BCUT2D eigenvalue weighted by atomic mass is 16.5. The van der Waals surface area contributed by atoms with Gasteiger partial charge >= 0.3 is 0 Å². The Bertz CT molecular complexity index is 195. The standard InChI is InChI=1S/C10H18N2O/c1-2-10(7-11-5-1)12-6-9(3-4-9)8-13-10/h11-12H,1-8H2. The average Bonchev–Trinajstić information content (AvgIpc) is 2.94. The molecule has 1 unspecified atom stereocenters. The number of hydrogen-bond donors (Lipinski definition) is 2. The van der Waals surface area contributed by atoms with Gasteiger partial charge < -0.3 is 10.1 Å². The van der Waals surface area contributed by atoms with Crippen molar-refractivity contribution >= 4 is 0 Å². The SMILES string of the molecule is C1CNCC2(C1)NCC1(CC1)CO2. The lowest BCUT2D eigenvalue weighted by atomic mass is 9.98. The number of piperidine rings is 1. The summed E-state index contributed by atoms with van der Waals surface area (Å²) in [6.07, 6.45) is 5.14. The van der Waals surface area contributed by atoms with Gasteiger partial charge in [-0.15, -0.1) is 0 Å². The van der Waals surface area contributed by atoms with E-state index >= 15 is 0 Å². The van der Waals surface area contributed by atoms with Gasteiger partial charge in [0.2, 0.25) is 0 Å². The highest BCUT2D eigenvalue weighted by Gasteiger charge is 2.50. The molecule has 2 aliphatic heterocycles. The molecule has 74 valence electrons. The summed E-state index contributed by atoms with van der Waals surface area (Å²) in [5, 5.41) is 7.01. The van der Waals surface area contributed by atoms with E-state index in [9.17, 15) is 0 Å². The van der Waals surface area contributed by atoms with Crippen LogP contribution in [0.3, 0.4) is 0 Å². The summed E-state index contributed by atoms with van der Waals surface area (Å²) in [4.78, 5) is 0. The molecule has 0 radical (unpaired) electrons. The number of rotatable bonds is 0. The molecule has 0 amide bonds. The van der Waals surface area contributed by atoms with Crippen LogP contribution in [-0.4, -0.2) is 32.0 Å². The molecule has 2 spiro atoms. The Labute approximate surface area is 79.2 Å². The Kier molecular flexibility index (Phi) is 1.70. The highest BCUT2D eigenvalue weighted by molar-refractivity contribution is 5.01. The van der Waals surface area contributed by atoms with Crippen LogP contribution in [0.15, 0.2) is 0 Å². The maximum Gasteiger partial charge on any atom is 0.131 e. The minimum Gasteiger partial charge on any atom is -0.359 e. The lowest BCUT2D eigenvalue weighted by Crippen LogP contribution is -2.62. The first kappa shape index (κ1) is 8.21. The zero-order chi connectivity index (χ0) is 8.78. The van der Waals surface area contributed by atoms with Crippen LogP contribution >= 0.6 is 0 Å². The van der Waals surface area contributed by atoms with E-state index in [-0.39, 0.29) is 5.72 Å². The third-order valence-corrected chi connectivity index (χ3v) is 3.74. The van der Waals surface area contributed by atoms with Gasteiger partial charge in [-0.3, -0.25) is 5.32 Å². The van der Waals surface area contributed by atoms with Crippen molar-refractivity contribution in [2.45, 2.75) is 31.4 Å². The first-order valence-electron chi connectivity index (χ1n) is 5.42. The quantitative estimate of drug-likeness (QED) is 0.571. The van der Waals surface area contributed by atoms with Crippen molar-refractivity contribution in [3.8, 4) is 0 Å². The van der Waals surface area contributed by atoms with Gasteiger partial charge in [0.05, 0.1) is 6.61 Å². The Morgan fingerprint density at radius 1 is 1.08 bits per heavy atom. The Morgan fingerprint density at radius 3 is 2.54 bits per heavy atom. The van der Waals surface area contributed by atoms with Crippen molar-refractivity contribution in [3.05, 3.63) is 0 Å². The molecule has 2 heterocycles. The third-order valence-electron chi connectivity index (χ3n) is 3.74. The molecular weight excluding hydrogens is 164 g/mol. The van der Waals surface area contributed by atoms with Crippen molar-refractivity contribution in [2.75, 3.05) is 26.2 Å². The van der Waals surface area contributed by atoms with Gasteiger partial charge in [-0.05, 0) is 32.2 Å². The van der Waals surface area contributed by atoms with Crippen molar-refractivity contribution < 1.29 is 4.74 Å². The van der Waals surface area contributed by atoms with Gasteiger partial charge in [-0.1, -0.05) is 0 Å². The molecule has 1 saturated carbocycles. The second-order valence-corrected chi connectivity index (χ2v) is 4.92. The molecule has 0 aromatic carbocycles. The lowest BCUT2D eigenvalue weighted by molar-refractivity contribution is -0.132. The predicted molar refractivity (Wildman–Crippen MR) is 50.5 cm³/mol. The molecule has 2 saturated heterocycles. The van der Waals surface area contributed by atoms with Crippen LogP contribution in [0.2, 0.25) is 0 Å². The molecule has 13 heavy (non-hydrogen) atoms. The van der Waals surface area contributed by atoms with Gasteiger partial charge in [0.15, 0.2) is 0 Å².